The van der Waals surface area contributed by atoms with E-state index in [0.717, 1.165) is 12.0 Å². The first-order valence-corrected chi connectivity index (χ1v) is 12.0. The van der Waals surface area contributed by atoms with Crippen LogP contribution in [0.3, 0.4) is 0 Å². The van der Waals surface area contributed by atoms with Gasteiger partial charge in [-0.15, -0.1) is 0 Å². The topological polar surface area (TPSA) is 9.23 Å². The van der Waals surface area contributed by atoms with Gasteiger partial charge in [-0.2, -0.15) is 8.78 Å². The van der Waals surface area contributed by atoms with E-state index in [9.17, 15) is 30.7 Å². The van der Waals surface area contributed by atoms with E-state index in [2.05, 4.69) is 4.74 Å². The van der Waals surface area contributed by atoms with Crippen molar-refractivity contribution in [2.24, 2.45) is 5.92 Å². The van der Waals surface area contributed by atoms with Crippen molar-refractivity contribution in [3.63, 3.8) is 0 Å². The van der Waals surface area contributed by atoms with E-state index < -0.39 is 58.6 Å². The molecule has 0 amide bonds. The Morgan fingerprint density at radius 1 is 0.730 bits per heavy atom. The van der Waals surface area contributed by atoms with Crippen LogP contribution >= 0.6 is 0 Å². The van der Waals surface area contributed by atoms with E-state index in [1.54, 1.807) is 6.07 Å². The first kappa shape index (κ1) is 26.9. The van der Waals surface area contributed by atoms with Crippen molar-refractivity contribution in [2.45, 2.75) is 57.5 Å². The fourth-order valence-corrected chi connectivity index (χ4v) is 4.88. The van der Waals surface area contributed by atoms with E-state index in [1.165, 1.54) is 24.3 Å². The van der Waals surface area contributed by atoms with Crippen LogP contribution in [0.4, 0.5) is 35.1 Å². The molecule has 0 saturated heterocycles. The first-order valence-electron chi connectivity index (χ1n) is 12.0. The van der Waals surface area contributed by atoms with E-state index in [0.29, 0.717) is 18.6 Å². The van der Waals surface area contributed by atoms with Crippen molar-refractivity contribution in [1.82, 2.24) is 0 Å². The third kappa shape index (κ3) is 5.60. The zero-order valence-electron chi connectivity index (χ0n) is 19.9. The van der Waals surface area contributed by atoms with Gasteiger partial charge in [0, 0.05) is 23.3 Å². The lowest BCUT2D eigenvalue weighted by Gasteiger charge is -2.33. The second-order valence-electron chi connectivity index (χ2n) is 9.31. The van der Waals surface area contributed by atoms with Gasteiger partial charge in [-0.05, 0) is 55.2 Å². The SMILES string of the molecule is CCCc1ccc(-c2ccc(C3CCC(C(F)(F)Oc4cc(F)c(F)c(F)c4)CC3)c(F)c2F)c(F)c1. The molecule has 0 unspecified atom stereocenters. The van der Waals surface area contributed by atoms with Crippen molar-refractivity contribution in [1.29, 1.82) is 0 Å². The highest BCUT2D eigenvalue weighted by Crippen LogP contribution is 2.44. The highest BCUT2D eigenvalue weighted by molar-refractivity contribution is 5.66. The number of ether oxygens (including phenoxy) is 1. The molecule has 0 heterocycles. The maximum atomic E-state index is 15.0. The minimum Gasteiger partial charge on any atom is -0.432 e. The maximum absolute atomic E-state index is 15.0. The molecule has 0 N–H and O–H groups in total. The number of benzene rings is 3. The monoisotopic (exact) mass is 528 g/mol. The van der Waals surface area contributed by atoms with Crippen LogP contribution in [0, 0.1) is 40.8 Å². The second-order valence-corrected chi connectivity index (χ2v) is 9.31. The molecule has 1 nitrogen and oxygen atoms in total. The van der Waals surface area contributed by atoms with E-state index in [4.69, 9.17) is 0 Å². The average Bonchev–Trinajstić information content (AvgIpc) is 2.85. The quantitative estimate of drug-likeness (QED) is 0.220. The Balaban J connectivity index is 1.47. The van der Waals surface area contributed by atoms with Crippen LogP contribution in [0.1, 0.15) is 56.1 Å². The predicted molar refractivity (Wildman–Crippen MR) is 122 cm³/mol. The lowest BCUT2D eigenvalue weighted by atomic mass is 9.77. The smallest absolute Gasteiger partial charge is 0.400 e. The summed E-state index contributed by atoms with van der Waals surface area (Å²) in [5.41, 5.74) is 0.453. The molecule has 9 heteroatoms. The van der Waals surface area contributed by atoms with E-state index in [1.807, 2.05) is 6.92 Å². The van der Waals surface area contributed by atoms with Crippen LogP contribution in [0.25, 0.3) is 11.1 Å². The molecule has 0 bridgehead atoms. The van der Waals surface area contributed by atoms with Crippen molar-refractivity contribution in [3.8, 4) is 16.9 Å². The Morgan fingerprint density at radius 2 is 1.35 bits per heavy atom. The van der Waals surface area contributed by atoms with Gasteiger partial charge in [0.1, 0.15) is 11.6 Å². The maximum Gasteiger partial charge on any atom is 0.400 e. The zero-order chi connectivity index (χ0) is 26.9. The van der Waals surface area contributed by atoms with Gasteiger partial charge in [0.2, 0.25) is 0 Å². The molecule has 0 aliphatic heterocycles. The van der Waals surface area contributed by atoms with Crippen molar-refractivity contribution < 1.29 is 39.9 Å². The lowest BCUT2D eigenvalue weighted by molar-refractivity contribution is -0.222. The van der Waals surface area contributed by atoms with Crippen molar-refractivity contribution in [3.05, 3.63) is 88.5 Å². The van der Waals surface area contributed by atoms with E-state index >= 15 is 4.39 Å². The average molecular weight is 528 g/mol. The Bertz CT molecular complexity index is 1260. The Labute approximate surface area is 209 Å². The van der Waals surface area contributed by atoms with Crippen LogP contribution < -0.4 is 4.74 Å². The molecular formula is C28H24F8O. The number of aryl methyl sites for hydroxylation is 1. The fraction of sp³-hybridized carbons (Fsp3) is 0.357. The van der Waals surface area contributed by atoms with Crippen molar-refractivity contribution >= 4 is 0 Å². The summed E-state index contributed by atoms with van der Waals surface area (Å²) in [6, 6.07) is 7.65. The molecule has 37 heavy (non-hydrogen) atoms. The highest BCUT2D eigenvalue weighted by Gasteiger charge is 2.44. The summed E-state index contributed by atoms with van der Waals surface area (Å²) in [6.07, 6.45) is -2.49. The largest absolute Gasteiger partial charge is 0.432 e. The summed E-state index contributed by atoms with van der Waals surface area (Å²) in [7, 11) is 0. The molecule has 0 radical (unpaired) electrons. The van der Waals surface area contributed by atoms with Crippen LogP contribution in [0.5, 0.6) is 5.75 Å². The molecule has 0 spiro atoms. The van der Waals surface area contributed by atoms with Gasteiger partial charge in [-0.3, -0.25) is 0 Å². The first-order chi connectivity index (χ1) is 17.5. The zero-order valence-corrected chi connectivity index (χ0v) is 19.9. The van der Waals surface area contributed by atoms with Crippen LogP contribution in [0.15, 0.2) is 42.5 Å². The number of rotatable bonds is 7. The van der Waals surface area contributed by atoms with Gasteiger partial charge >= 0.3 is 6.11 Å². The summed E-state index contributed by atoms with van der Waals surface area (Å²) in [6.45, 7) is 1.94. The minimum atomic E-state index is -3.82. The lowest BCUT2D eigenvalue weighted by Crippen LogP contribution is -2.37. The van der Waals surface area contributed by atoms with Crippen LogP contribution in [-0.4, -0.2) is 6.11 Å². The molecule has 1 aliphatic carbocycles. The third-order valence-corrected chi connectivity index (χ3v) is 6.83. The fourth-order valence-electron chi connectivity index (χ4n) is 4.88. The second kappa shape index (κ2) is 10.7. The van der Waals surface area contributed by atoms with Gasteiger partial charge in [0.15, 0.2) is 29.1 Å². The number of hydrogen-bond acceptors (Lipinski definition) is 1. The Kier molecular flexibility index (Phi) is 7.80. The van der Waals surface area contributed by atoms with Crippen molar-refractivity contribution in [2.75, 3.05) is 0 Å². The summed E-state index contributed by atoms with van der Waals surface area (Å²) in [5, 5.41) is 0. The van der Waals surface area contributed by atoms with Crippen LogP contribution in [0.2, 0.25) is 0 Å². The number of halogens is 8. The normalized spacial score (nSPS) is 18.2. The molecular weight excluding hydrogens is 504 g/mol. The number of hydrogen-bond donors (Lipinski definition) is 0. The summed E-state index contributed by atoms with van der Waals surface area (Å²) < 4.78 is 118. The van der Waals surface area contributed by atoms with Gasteiger partial charge in [0.25, 0.3) is 0 Å². The highest BCUT2D eigenvalue weighted by atomic mass is 19.3. The Morgan fingerprint density at radius 3 is 1.95 bits per heavy atom. The summed E-state index contributed by atoms with van der Waals surface area (Å²) in [4.78, 5) is 0. The molecule has 0 atom stereocenters. The standard InChI is InChI=1S/C28H24F8O/c1-2-3-15-4-9-20(22(29)12-15)21-11-10-19(25(32)26(21)33)16-5-7-17(8-6-16)28(35,36)37-18-13-23(30)27(34)24(31)14-18/h4,9-14,16-17H,2-3,5-8H2,1H3. The molecule has 1 aliphatic rings. The molecule has 198 valence electrons. The Hall–Kier alpha value is -3.10. The minimum absolute atomic E-state index is 0.00891. The van der Waals surface area contributed by atoms with Gasteiger partial charge < -0.3 is 4.74 Å². The van der Waals surface area contributed by atoms with Gasteiger partial charge in [-0.25, -0.2) is 26.3 Å². The summed E-state index contributed by atoms with van der Waals surface area (Å²) in [5.74, 6) is -10.9. The third-order valence-electron chi connectivity index (χ3n) is 6.83. The number of alkyl halides is 2. The van der Waals surface area contributed by atoms with E-state index in [-0.39, 0.29) is 42.4 Å². The predicted octanol–water partition coefficient (Wildman–Crippen LogP) is 9.09. The molecule has 0 aromatic heterocycles. The molecule has 3 aromatic rings. The van der Waals surface area contributed by atoms with Crippen LogP contribution in [-0.2, 0) is 6.42 Å². The molecule has 4 rings (SSSR count). The molecule has 1 fully saturated rings. The molecule has 1 saturated carbocycles. The summed E-state index contributed by atoms with van der Waals surface area (Å²) >= 11 is 0. The van der Waals surface area contributed by atoms with Gasteiger partial charge in [0.05, 0.1) is 5.92 Å². The molecule has 3 aromatic carbocycles. The van der Waals surface area contributed by atoms with Gasteiger partial charge in [-0.1, -0.05) is 37.6 Å².